The number of imidazole rings is 1. The topological polar surface area (TPSA) is 46.9 Å². The third-order valence-electron chi connectivity index (χ3n) is 3.63. The summed E-state index contributed by atoms with van der Waals surface area (Å²) in [5.41, 5.74) is 2.66. The van der Waals surface area contributed by atoms with Crippen molar-refractivity contribution in [2.24, 2.45) is 0 Å². The van der Waals surface area contributed by atoms with Crippen molar-refractivity contribution >= 4 is 21.8 Å². The second-order valence-corrected chi connectivity index (χ2v) is 6.18. The smallest absolute Gasteiger partial charge is 0.251 e. The average Bonchev–Trinajstić information content (AvgIpc) is 3.09. The summed E-state index contributed by atoms with van der Waals surface area (Å²) in [4.78, 5) is 16.4. The summed E-state index contributed by atoms with van der Waals surface area (Å²) >= 11 is 3.45. The normalized spacial score (nSPS) is 11.9. The van der Waals surface area contributed by atoms with E-state index in [4.69, 9.17) is 0 Å². The van der Waals surface area contributed by atoms with E-state index in [9.17, 15) is 4.79 Å². The summed E-state index contributed by atoms with van der Waals surface area (Å²) in [6.45, 7) is 1.97. The molecule has 0 aliphatic heterocycles. The zero-order valence-electron chi connectivity index (χ0n) is 12.6. The van der Waals surface area contributed by atoms with E-state index in [1.165, 1.54) is 0 Å². The van der Waals surface area contributed by atoms with Crippen LogP contribution < -0.4 is 5.32 Å². The van der Waals surface area contributed by atoms with Crippen LogP contribution in [0.5, 0.6) is 0 Å². The molecule has 1 unspecified atom stereocenters. The Morgan fingerprint density at radius 2 is 2.00 bits per heavy atom. The van der Waals surface area contributed by atoms with Crippen LogP contribution in [0, 0.1) is 0 Å². The van der Waals surface area contributed by atoms with Crippen LogP contribution in [0.4, 0.5) is 0 Å². The van der Waals surface area contributed by atoms with Crippen LogP contribution in [0.1, 0.15) is 28.9 Å². The molecule has 5 heteroatoms. The largest absolute Gasteiger partial charge is 0.346 e. The van der Waals surface area contributed by atoms with Crippen LogP contribution in [-0.4, -0.2) is 15.5 Å². The van der Waals surface area contributed by atoms with Crippen molar-refractivity contribution < 1.29 is 4.79 Å². The summed E-state index contributed by atoms with van der Waals surface area (Å²) in [5.74, 6) is -0.0883. The highest BCUT2D eigenvalue weighted by atomic mass is 79.9. The monoisotopic (exact) mass is 369 g/mol. The average molecular weight is 370 g/mol. The number of carbonyl (C=O) groups excluding carboxylic acids is 1. The predicted molar refractivity (Wildman–Crippen MR) is 93.6 cm³/mol. The van der Waals surface area contributed by atoms with Crippen LogP contribution >= 0.6 is 15.9 Å². The molecule has 1 aromatic heterocycles. The number of rotatable bonds is 4. The van der Waals surface area contributed by atoms with Crippen molar-refractivity contribution in [2.75, 3.05) is 0 Å². The van der Waals surface area contributed by atoms with Crippen LogP contribution in [0.3, 0.4) is 0 Å². The lowest BCUT2D eigenvalue weighted by molar-refractivity contribution is 0.0940. The Labute approximate surface area is 143 Å². The molecule has 1 heterocycles. The number of hydrogen-bond acceptors (Lipinski definition) is 2. The molecule has 0 aliphatic carbocycles. The van der Waals surface area contributed by atoms with Gasteiger partial charge in [0.25, 0.3) is 5.91 Å². The highest BCUT2D eigenvalue weighted by Crippen LogP contribution is 2.18. The van der Waals surface area contributed by atoms with E-state index in [-0.39, 0.29) is 11.9 Å². The number of aromatic nitrogens is 2. The molecule has 116 valence electrons. The van der Waals surface area contributed by atoms with E-state index < -0.39 is 0 Å². The minimum absolute atomic E-state index is 0.0617. The highest BCUT2D eigenvalue weighted by molar-refractivity contribution is 9.10. The second-order valence-electron chi connectivity index (χ2n) is 5.27. The minimum Gasteiger partial charge on any atom is -0.346 e. The molecule has 2 aromatic carbocycles. The third-order valence-corrected chi connectivity index (χ3v) is 4.12. The SMILES string of the molecule is CC(NC(=O)c1ccc(-n2ccnc2)cc1)c1cccc(Br)c1. The maximum Gasteiger partial charge on any atom is 0.251 e. The van der Waals surface area contributed by atoms with Gasteiger partial charge in [0.05, 0.1) is 12.4 Å². The maximum atomic E-state index is 12.4. The van der Waals surface area contributed by atoms with E-state index >= 15 is 0 Å². The Morgan fingerprint density at radius 1 is 1.22 bits per heavy atom. The summed E-state index contributed by atoms with van der Waals surface area (Å²) < 4.78 is 2.90. The number of nitrogens with zero attached hydrogens (tertiary/aromatic N) is 2. The molecule has 0 aliphatic rings. The minimum atomic E-state index is -0.0883. The number of halogens is 1. The Kier molecular flexibility index (Phi) is 4.57. The lowest BCUT2D eigenvalue weighted by Crippen LogP contribution is -2.26. The molecule has 4 nitrogen and oxygen atoms in total. The summed E-state index contributed by atoms with van der Waals surface area (Å²) in [7, 11) is 0. The standard InChI is InChI=1S/C18H16BrN3O/c1-13(15-3-2-4-16(19)11-15)21-18(23)14-5-7-17(8-6-14)22-10-9-20-12-22/h2-13H,1H3,(H,21,23). The van der Waals surface area contributed by atoms with Crippen molar-refractivity contribution in [3.63, 3.8) is 0 Å². The quantitative estimate of drug-likeness (QED) is 0.751. The van der Waals surface area contributed by atoms with Crippen LogP contribution in [0.15, 0.2) is 71.7 Å². The van der Waals surface area contributed by atoms with Gasteiger partial charge < -0.3 is 9.88 Å². The molecule has 0 fully saturated rings. The second kappa shape index (κ2) is 6.79. The number of benzene rings is 2. The molecule has 23 heavy (non-hydrogen) atoms. The van der Waals surface area contributed by atoms with E-state index in [2.05, 4.69) is 26.2 Å². The van der Waals surface area contributed by atoms with Gasteiger partial charge in [-0.2, -0.15) is 0 Å². The van der Waals surface area contributed by atoms with Gasteiger partial charge in [0.15, 0.2) is 0 Å². The van der Waals surface area contributed by atoms with Crippen molar-refractivity contribution in [2.45, 2.75) is 13.0 Å². The van der Waals surface area contributed by atoms with Crippen LogP contribution in [-0.2, 0) is 0 Å². The van der Waals surface area contributed by atoms with Gasteiger partial charge in [0, 0.05) is 28.1 Å². The Hall–Kier alpha value is -2.40. The molecule has 0 spiro atoms. The van der Waals surface area contributed by atoms with E-state index in [0.717, 1.165) is 15.7 Å². The van der Waals surface area contributed by atoms with Crippen LogP contribution in [0.2, 0.25) is 0 Å². The predicted octanol–water partition coefficient (Wildman–Crippen LogP) is 4.13. The van der Waals surface area contributed by atoms with Gasteiger partial charge in [-0.15, -0.1) is 0 Å². The van der Waals surface area contributed by atoms with Crippen molar-refractivity contribution in [1.29, 1.82) is 0 Å². The van der Waals surface area contributed by atoms with Gasteiger partial charge in [-0.1, -0.05) is 28.1 Å². The fourth-order valence-electron chi connectivity index (χ4n) is 2.34. The molecule has 3 aromatic rings. The van der Waals surface area contributed by atoms with Gasteiger partial charge in [0.2, 0.25) is 0 Å². The first-order valence-electron chi connectivity index (χ1n) is 7.28. The molecule has 1 amide bonds. The highest BCUT2D eigenvalue weighted by Gasteiger charge is 2.11. The van der Waals surface area contributed by atoms with Gasteiger partial charge in [0.1, 0.15) is 0 Å². The first-order chi connectivity index (χ1) is 11.1. The molecule has 1 N–H and O–H groups in total. The molecule has 0 radical (unpaired) electrons. The Bertz CT molecular complexity index is 797. The van der Waals surface area contributed by atoms with Gasteiger partial charge in [-0.3, -0.25) is 4.79 Å². The zero-order chi connectivity index (χ0) is 16.2. The first kappa shape index (κ1) is 15.5. The maximum absolute atomic E-state index is 12.4. The molecule has 1 atom stereocenters. The number of nitrogens with one attached hydrogen (secondary N) is 1. The molecule has 3 rings (SSSR count). The van der Waals surface area contributed by atoms with Crippen molar-refractivity contribution in [3.05, 3.63) is 82.9 Å². The zero-order valence-corrected chi connectivity index (χ0v) is 14.2. The summed E-state index contributed by atoms with van der Waals surface area (Å²) in [5, 5.41) is 3.01. The summed E-state index contributed by atoms with van der Waals surface area (Å²) in [6.07, 6.45) is 5.31. The molecule has 0 saturated carbocycles. The number of carbonyl (C=O) groups is 1. The Morgan fingerprint density at radius 3 is 2.65 bits per heavy atom. The Balaban J connectivity index is 1.71. The molecular weight excluding hydrogens is 354 g/mol. The lowest BCUT2D eigenvalue weighted by atomic mass is 10.1. The molecular formula is C18H16BrN3O. The number of amides is 1. The lowest BCUT2D eigenvalue weighted by Gasteiger charge is -2.15. The van der Waals surface area contributed by atoms with Crippen molar-refractivity contribution in [3.8, 4) is 5.69 Å². The molecule has 0 saturated heterocycles. The third kappa shape index (κ3) is 3.68. The molecule has 0 bridgehead atoms. The number of hydrogen-bond donors (Lipinski definition) is 1. The van der Waals surface area contributed by atoms with Gasteiger partial charge in [-0.25, -0.2) is 4.98 Å². The fraction of sp³-hybridized carbons (Fsp3) is 0.111. The van der Waals surface area contributed by atoms with E-state index in [1.54, 1.807) is 12.5 Å². The van der Waals surface area contributed by atoms with E-state index in [1.807, 2.05) is 66.2 Å². The van der Waals surface area contributed by atoms with E-state index in [0.29, 0.717) is 5.56 Å². The van der Waals surface area contributed by atoms with Crippen molar-refractivity contribution in [1.82, 2.24) is 14.9 Å². The van der Waals surface area contributed by atoms with Gasteiger partial charge in [-0.05, 0) is 48.9 Å². The fourth-order valence-corrected chi connectivity index (χ4v) is 2.75. The van der Waals surface area contributed by atoms with Gasteiger partial charge >= 0.3 is 0 Å². The summed E-state index contributed by atoms with van der Waals surface area (Å²) in [6, 6.07) is 15.3. The first-order valence-corrected chi connectivity index (χ1v) is 8.07. The van der Waals surface area contributed by atoms with Crippen LogP contribution in [0.25, 0.3) is 5.69 Å².